The smallest absolute Gasteiger partial charge is 0.311 e. The first-order valence-corrected chi connectivity index (χ1v) is 7.98. The van der Waals surface area contributed by atoms with E-state index >= 15 is 0 Å². The topological polar surface area (TPSA) is 58.8 Å². The Labute approximate surface area is 130 Å². The normalized spacial score (nSPS) is 22.0. The third-order valence-electron chi connectivity index (χ3n) is 4.46. The summed E-state index contributed by atoms with van der Waals surface area (Å²) < 4.78 is 5.65. The lowest BCUT2D eigenvalue weighted by Crippen LogP contribution is -2.50. The average molecular weight is 305 g/mol. The summed E-state index contributed by atoms with van der Waals surface area (Å²) in [4.78, 5) is 15.6. The maximum Gasteiger partial charge on any atom is 0.311 e. The highest BCUT2D eigenvalue weighted by atomic mass is 16.6. The molecule has 0 spiro atoms. The van der Waals surface area contributed by atoms with E-state index in [4.69, 9.17) is 4.74 Å². The minimum atomic E-state index is -0.379. The Morgan fingerprint density at radius 1 is 1.32 bits per heavy atom. The van der Waals surface area contributed by atoms with E-state index in [0.29, 0.717) is 11.8 Å². The van der Waals surface area contributed by atoms with Crippen LogP contribution < -0.4 is 9.64 Å². The van der Waals surface area contributed by atoms with E-state index in [1.54, 1.807) is 6.07 Å². The van der Waals surface area contributed by atoms with Gasteiger partial charge in [0.1, 0.15) is 0 Å². The molecule has 2 saturated heterocycles. The quantitative estimate of drug-likeness (QED) is 0.632. The van der Waals surface area contributed by atoms with Crippen molar-refractivity contribution < 1.29 is 9.66 Å². The van der Waals surface area contributed by atoms with Crippen LogP contribution in [-0.4, -0.2) is 48.1 Å². The minimum Gasteiger partial charge on any atom is -0.484 e. The first kappa shape index (κ1) is 15.1. The Kier molecular flexibility index (Phi) is 4.20. The third-order valence-corrected chi connectivity index (χ3v) is 4.46. The van der Waals surface area contributed by atoms with Crippen LogP contribution in [0.5, 0.6) is 5.75 Å². The van der Waals surface area contributed by atoms with Gasteiger partial charge >= 0.3 is 5.69 Å². The molecule has 1 atom stereocenters. The van der Waals surface area contributed by atoms with Crippen LogP contribution in [0.1, 0.15) is 26.7 Å². The summed E-state index contributed by atoms with van der Waals surface area (Å²) in [7, 11) is 0. The number of hydrogen-bond donors (Lipinski definition) is 0. The van der Waals surface area contributed by atoms with Crippen molar-refractivity contribution in [3.8, 4) is 5.75 Å². The van der Waals surface area contributed by atoms with Gasteiger partial charge in [-0.3, -0.25) is 15.0 Å². The molecule has 0 aromatic heterocycles. The van der Waals surface area contributed by atoms with E-state index in [1.165, 1.54) is 19.4 Å². The summed E-state index contributed by atoms with van der Waals surface area (Å²) in [6.07, 6.45) is 2.44. The van der Waals surface area contributed by atoms with E-state index in [1.807, 2.05) is 26.0 Å². The predicted molar refractivity (Wildman–Crippen MR) is 85.7 cm³/mol. The Morgan fingerprint density at radius 3 is 2.86 bits per heavy atom. The lowest BCUT2D eigenvalue weighted by molar-refractivity contribution is -0.386. The number of anilines is 1. The van der Waals surface area contributed by atoms with Crippen LogP contribution in [0, 0.1) is 10.1 Å². The maximum atomic E-state index is 11.1. The van der Waals surface area contributed by atoms with E-state index in [2.05, 4.69) is 9.80 Å². The number of piperazine rings is 1. The number of fused-ring (bicyclic) bond motifs is 1. The number of nitro benzene ring substituents is 1. The van der Waals surface area contributed by atoms with Crippen LogP contribution in [0.2, 0.25) is 0 Å². The lowest BCUT2D eigenvalue weighted by Gasteiger charge is -2.38. The third kappa shape index (κ3) is 3.02. The summed E-state index contributed by atoms with van der Waals surface area (Å²) in [6, 6.07) is 5.85. The first-order valence-electron chi connectivity index (χ1n) is 7.98. The number of rotatable bonds is 4. The van der Waals surface area contributed by atoms with E-state index in [0.717, 1.165) is 25.3 Å². The van der Waals surface area contributed by atoms with Crippen molar-refractivity contribution in [1.29, 1.82) is 0 Å². The second-order valence-electron chi connectivity index (χ2n) is 6.35. The Hall–Kier alpha value is -1.82. The fourth-order valence-electron chi connectivity index (χ4n) is 3.42. The summed E-state index contributed by atoms with van der Waals surface area (Å²) in [6.45, 7) is 8.01. The predicted octanol–water partition coefficient (Wildman–Crippen LogP) is 2.67. The van der Waals surface area contributed by atoms with Crippen LogP contribution in [0.15, 0.2) is 18.2 Å². The molecule has 2 aliphatic rings. The molecular weight excluding hydrogens is 282 g/mol. The molecule has 6 heteroatoms. The van der Waals surface area contributed by atoms with Gasteiger partial charge in [-0.05, 0) is 39.3 Å². The molecule has 0 aliphatic carbocycles. The lowest BCUT2D eigenvalue weighted by atomic mass is 10.1. The van der Waals surface area contributed by atoms with Crippen molar-refractivity contribution in [2.45, 2.75) is 38.8 Å². The molecule has 0 N–H and O–H groups in total. The van der Waals surface area contributed by atoms with Crippen LogP contribution in [-0.2, 0) is 0 Å². The number of nitrogens with zero attached hydrogens (tertiary/aromatic N) is 3. The molecule has 1 aromatic carbocycles. The zero-order valence-corrected chi connectivity index (χ0v) is 13.2. The van der Waals surface area contributed by atoms with E-state index < -0.39 is 0 Å². The molecule has 6 nitrogen and oxygen atoms in total. The average Bonchev–Trinajstić information content (AvgIpc) is 2.93. The van der Waals surface area contributed by atoms with Gasteiger partial charge in [0.25, 0.3) is 0 Å². The van der Waals surface area contributed by atoms with Crippen molar-refractivity contribution >= 4 is 11.4 Å². The van der Waals surface area contributed by atoms with Gasteiger partial charge < -0.3 is 9.64 Å². The Morgan fingerprint density at radius 2 is 2.14 bits per heavy atom. The molecule has 2 aliphatic heterocycles. The Balaban J connectivity index is 1.83. The standard InChI is InChI=1S/C16H23N3O3/c1-12(2)22-16-10-13(5-6-15(16)19(20)21)18-9-8-17-7-3-4-14(17)11-18/h5-6,10,12,14H,3-4,7-9,11H2,1-2H3/t14-/m1/s1. The van der Waals surface area contributed by atoms with Gasteiger partial charge in [0.15, 0.2) is 5.75 Å². The minimum absolute atomic E-state index is 0.0388. The second kappa shape index (κ2) is 6.12. The summed E-state index contributed by atoms with van der Waals surface area (Å²) in [5.74, 6) is 0.367. The van der Waals surface area contributed by atoms with Gasteiger partial charge in [-0.15, -0.1) is 0 Å². The van der Waals surface area contributed by atoms with Crippen molar-refractivity contribution in [3.05, 3.63) is 28.3 Å². The molecule has 0 unspecified atom stereocenters. The molecule has 120 valence electrons. The van der Waals surface area contributed by atoms with E-state index in [9.17, 15) is 10.1 Å². The number of nitro groups is 1. The van der Waals surface area contributed by atoms with Crippen LogP contribution in [0.4, 0.5) is 11.4 Å². The summed E-state index contributed by atoms with van der Waals surface area (Å²) in [5, 5.41) is 11.1. The van der Waals surface area contributed by atoms with Gasteiger partial charge in [0.2, 0.25) is 0 Å². The molecule has 0 saturated carbocycles. The number of hydrogen-bond acceptors (Lipinski definition) is 5. The Bertz CT molecular complexity index is 562. The molecule has 1 aromatic rings. The second-order valence-corrected chi connectivity index (χ2v) is 6.35. The van der Waals surface area contributed by atoms with Crippen molar-refractivity contribution in [2.24, 2.45) is 0 Å². The molecule has 0 bridgehead atoms. The SMILES string of the molecule is CC(C)Oc1cc(N2CCN3CCC[C@@H]3C2)ccc1[N+](=O)[O-]. The van der Waals surface area contributed by atoms with Crippen molar-refractivity contribution in [3.63, 3.8) is 0 Å². The van der Waals surface area contributed by atoms with Gasteiger partial charge in [-0.2, -0.15) is 0 Å². The van der Waals surface area contributed by atoms with Gasteiger partial charge in [-0.25, -0.2) is 0 Å². The molecule has 2 heterocycles. The molecular formula is C16H23N3O3. The highest BCUT2D eigenvalue weighted by Crippen LogP contribution is 2.34. The van der Waals surface area contributed by atoms with E-state index in [-0.39, 0.29) is 16.7 Å². The number of benzene rings is 1. The van der Waals surface area contributed by atoms with Crippen LogP contribution in [0.25, 0.3) is 0 Å². The fourth-order valence-corrected chi connectivity index (χ4v) is 3.42. The zero-order chi connectivity index (χ0) is 15.7. The number of ether oxygens (including phenoxy) is 1. The summed E-state index contributed by atoms with van der Waals surface area (Å²) in [5.41, 5.74) is 1.06. The maximum absolute atomic E-state index is 11.1. The zero-order valence-electron chi connectivity index (χ0n) is 13.2. The molecule has 0 radical (unpaired) electrons. The molecule has 2 fully saturated rings. The highest BCUT2D eigenvalue weighted by Gasteiger charge is 2.31. The van der Waals surface area contributed by atoms with Gasteiger partial charge in [0, 0.05) is 43.5 Å². The molecule has 3 rings (SSSR count). The highest BCUT2D eigenvalue weighted by molar-refractivity contribution is 5.59. The molecule has 22 heavy (non-hydrogen) atoms. The van der Waals surface area contributed by atoms with Crippen molar-refractivity contribution in [2.75, 3.05) is 31.1 Å². The van der Waals surface area contributed by atoms with Gasteiger partial charge in [-0.1, -0.05) is 0 Å². The van der Waals surface area contributed by atoms with Gasteiger partial charge in [0.05, 0.1) is 11.0 Å². The largest absolute Gasteiger partial charge is 0.484 e. The van der Waals surface area contributed by atoms with Crippen molar-refractivity contribution in [1.82, 2.24) is 4.90 Å². The first-order chi connectivity index (χ1) is 10.5. The molecule has 0 amide bonds. The fraction of sp³-hybridized carbons (Fsp3) is 0.625. The monoisotopic (exact) mass is 305 g/mol. The van der Waals surface area contributed by atoms with Crippen LogP contribution in [0.3, 0.4) is 0 Å². The van der Waals surface area contributed by atoms with Crippen LogP contribution >= 0.6 is 0 Å². The summed E-state index contributed by atoms with van der Waals surface area (Å²) >= 11 is 0.